The number of benzene rings is 3. The van der Waals surface area contributed by atoms with Gasteiger partial charge in [-0.15, -0.1) is 0 Å². The van der Waals surface area contributed by atoms with E-state index in [1.54, 1.807) is 72.9 Å². The third-order valence-corrected chi connectivity index (χ3v) is 10.9. The predicted molar refractivity (Wildman–Crippen MR) is 167 cm³/mol. The molecule has 1 aliphatic rings. The molecule has 0 amide bonds. The monoisotopic (exact) mass is 606 g/mol. The Morgan fingerprint density at radius 1 is 0.762 bits per heavy atom. The number of sulfonamides is 2. The first kappa shape index (κ1) is 29.4. The van der Waals surface area contributed by atoms with E-state index in [0.29, 0.717) is 54.6 Å². The molecule has 0 bridgehead atoms. The first-order valence-electron chi connectivity index (χ1n) is 13.5. The molecule has 12 heteroatoms. The van der Waals surface area contributed by atoms with E-state index in [2.05, 4.69) is 15.6 Å². The number of hydrogen-bond acceptors (Lipinski definition) is 8. The summed E-state index contributed by atoms with van der Waals surface area (Å²) in [5.74, 6) is 0. The highest BCUT2D eigenvalue weighted by molar-refractivity contribution is 7.93. The lowest BCUT2D eigenvalue weighted by atomic mass is 10.2. The van der Waals surface area contributed by atoms with Crippen molar-refractivity contribution in [2.45, 2.75) is 16.3 Å². The number of pyridine rings is 1. The van der Waals surface area contributed by atoms with Crippen LogP contribution in [0.4, 0.5) is 22.7 Å². The molecule has 0 spiro atoms. The van der Waals surface area contributed by atoms with E-state index < -0.39 is 20.0 Å². The number of piperazine rings is 1. The predicted octanol–water partition coefficient (Wildman–Crippen LogP) is 3.75. The van der Waals surface area contributed by atoms with Gasteiger partial charge in [0.05, 0.1) is 35.0 Å². The van der Waals surface area contributed by atoms with Crippen LogP contribution in [0, 0.1) is 0 Å². The Kier molecular flexibility index (Phi) is 8.66. The zero-order valence-corrected chi connectivity index (χ0v) is 25.1. The Labute approximate surface area is 247 Å². The van der Waals surface area contributed by atoms with E-state index in [9.17, 15) is 16.8 Å². The normalized spacial score (nSPS) is 13.9. The Bertz CT molecular complexity index is 1720. The van der Waals surface area contributed by atoms with E-state index >= 15 is 0 Å². The Hall–Kier alpha value is -4.13. The smallest absolute Gasteiger partial charge is 0.266 e. The number of aromatic nitrogens is 1. The molecule has 1 fully saturated rings. The Balaban J connectivity index is 1.70. The van der Waals surface area contributed by atoms with Gasteiger partial charge in [-0.3, -0.25) is 13.6 Å². The molecule has 1 aliphatic heterocycles. The summed E-state index contributed by atoms with van der Waals surface area (Å²) in [4.78, 5) is 6.09. The van der Waals surface area contributed by atoms with Crippen molar-refractivity contribution in [2.24, 2.45) is 0 Å². The van der Waals surface area contributed by atoms with Crippen molar-refractivity contribution < 1.29 is 16.8 Å². The van der Waals surface area contributed by atoms with Crippen molar-refractivity contribution >= 4 is 42.8 Å². The summed E-state index contributed by atoms with van der Waals surface area (Å²) in [6.07, 6.45) is 1.67. The van der Waals surface area contributed by atoms with E-state index in [0.717, 1.165) is 4.31 Å². The summed E-state index contributed by atoms with van der Waals surface area (Å²) in [5.41, 5.74) is 2.35. The van der Waals surface area contributed by atoms with Gasteiger partial charge in [0, 0.05) is 46.5 Å². The molecule has 0 radical (unpaired) electrons. The van der Waals surface area contributed by atoms with Crippen LogP contribution in [0.15, 0.2) is 107 Å². The molecule has 0 saturated carbocycles. The van der Waals surface area contributed by atoms with Crippen molar-refractivity contribution in [3.05, 3.63) is 103 Å². The van der Waals surface area contributed by atoms with Crippen LogP contribution in [0.2, 0.25) is 0 Å². The van der Waals surface area contributed by atoms with E-state index in [-0.39, 0.29) is 16.3 Å². The van der Waals surface area contributed by atoms with Gasteiger partial charge in [-0.25, -0.2) is 16.8 Å². The van der Waals surface area contributed by atoms with Crippen LogP contribution in [0.5, 0.6) is 0 Å². The van der Waals surface area contributed by atoms with E-state index in [1.165, 1.54) is 24.5 Å². The highest BCUT2D eigenvalue weighted by Crippen LogP contribution is 2.38. The summed E-state index contributed by atoms with van der Waals surface area (Å²) in [5, 5.41) is 6.54. The van der Waals surface area contributed by atoms with Gasteiger partial charge < -0.3 is 15.5 Å². The Morgan fingerprint density at radius 2 is 1.31 bits per heavy atom. The maximum absolute atomic E-state index is 14.3. The second-order valence-corrected chi connectivity index (χ2v) is 13.7. The minimum absolute atomic E-state index is 0.0841. The fraction of sp³-hybridized carbons (Fsp3) is 0.233. The van der Waals surface area contributed by atoms with Gasteiger partial charge in [0.15, 0.2) is 0 Å². The first-order chi connectivity index (χ1) is 20.2. The first-order valence-corrected chi connectivity index (χ1v) is 16.4. The molecule has 42 heavy (non-hydrogen) atoms. The molecule has 220 valence electrons. The van der Waals surface area contributed by atoms with E-state index in [4.69, 9.17) is 0 Å². The van der Waals surface area contributed by atoms with Crippen molar-refractivity contribution in [1.82, 2.24) is 10.3 Å². The van der Waals surface area contributed by atoms with Crippen LogP contribution in [-0.4, -0.2) is 62.1 Å². The lowest BCUT2D eigenvalue weighted by molar-refractivity contribution is 0.578. The highest BCUT2D eigenvalue weighted by atomic mass is 32.2. The summed E-state index contributed by atoms with van der Waals surface area (Å²) in [6.45, 7) is 2.71. The molecule has 0 atom stereocenters. The van der Waals surface area contributed by atoms with Crippen molar-refractivity contribution in [3.63, 3.8) is 0 Å². The third kappa shape index (κ3) is 6.06. The molecule has 3 aromatic carbocycles. The maximum atomic E-state index is 14.3. The molecule has 4 aromatic rings. The number of rotatable bonds is 10. The van der Waals surface area contributed by atoms with Crippen LogP contribution in [-0.2, 0) is 26.6 Å². The second kappa shape index (κ2) is 12.4. The molecular formula is C30H34N6O4S2. The molecule has 0 aliphatic carbocycles. The second-order valence-electron chi connectivity index (χ2n) is 9.84. The number of nitrogens with zero attached hydrogens (tertiary/aromatic N) is 4. The van der Waals surface area contributed by atoms with E-state index in [1.807, 2.05) is 23.1 Å². The van der Waals surface area contributed by atoms with Gasteiger partial charge in [0.2, 0.25) is 0 Å². The molecule has 1 saturated heterocycles. The largest absolute Gasteiger partial charge is 0.378 e. The molecule has 10 nitrogen and oxygen atoms in total. The molecule has 2 heterocycles. The van der Waals surface area contributed by atoms with Crippen molar-refractivity contribution in [1.29, 1.82) is 0 Å². The van der Waals surface area contributed by atoms with Gasteiger partial charge >= 0.3 is 0 Å². The lowest BCUT2D eigenvalue weighted by Gasteiger charge is -2.33. The minimum atomic E-state index is -4.21. The lowest BCUT2D eigenvalue weighted by Crippen LogP contribution is -2.44. The summed E-state index contributed by atoms with van der Waals surface area (Å²) >= 11 is 0. The summed E-state index contributed by atoms with van der Waals surface area (Å²) in [7, 11) is -5.46. The van der Waals surface area contributed by atoms with Gasteiger partial charge in [-0.1, -0.05) is 42.5 Å². The molecule has 2 N–H and O–H groups in total. The summed E-state index contributed by atoms with van der Waals surface area (Å²) < 4.78 is 59.3. The van der Waals surface area contributed by atoms with Crippen LogP contribution in [0.25, 0.3) is 0 Å². The van der Waals surface area contributed by atoms with Crippen molar-refractivity contribution in [3.8, 4) is 0 Å². The number of anilines is 4. The topological polar surface area (TPSA) is 115 Å². The average Bonchev–Trinajstić information content (AvgIpc) is 3.04. The van der Waals surface area contributed by atoms with Crippen LogP contribution < -0.4 is 24.1 Å². The minimum Gasteiger partial charge on any atom is -0.378 e. The van der Waals surface area contributed by atoms with Crippen LogP contribution in [0.3, 0.4) is 0 Å². The third-order valence-electron chi connectivity index (χ3n) is 7.22. The SMILES string of the molecule is CN(c1ccccc1)S(=O)(=O)c1cc(S(=O)(=O)N(C)c2ccccc2)c(N2CCNCC2)cc1NCc1ccccn1. The number of nitrogens with one attached hydrogen (secondary N) is 2. The van der Waals surface area contributed by atoms with Gasteiger partial charge in [-0.2, -0.15) is 0 Å². The fourth-order valence-electron chi connectivity index (χ4n) is 4.80. The summed E-state index contributed by atoms with van der Waals surface area (Å²) in [6, 6.07) is 25.8. The van der Waals surface area contributed by atoms with Crippen LogP contribution >= 0.6 is 0 Å². The standard InChI is InChI=1S/C30H34N6O4S2/c1-34(25-12-5-3-6-13-25)41(37,38)29-22-30(42(39,40)35(2)26-14-7-4-8-15-26)28(36-19-17-31-18-20-36)21-27(29)33-23-24-11-9-10-16-32-24/h3-16,21-22,31,33H,17-20,23H2,1-2H3. The number of para-hydroxylation sites is 2. The molecule has 0 unspecified atom stereocenters. The quantitative estimate of drug-likeness (QED) is 0.281. The Morgan fingerprint density at radius 3 is 1.86 bits per heavy atom. The maximum Gasteiger partial charge on any atom is 0.266 e. The average molecular weight is 607 g/mol. The van der Waals surface area contributed by atoms with Crippen molar-refractivity contribution in [2.75, 3.05) is 59.1 Å². The van der Waals surface area contributed by atoms with Gasteiger partial charge in [0.1, 0.15) is 9.79 Å². The number of hydrogen-bond donors (Lipinski definition) is 2. The highest BCUT2D eigenvalue weighted by Gasteiger charge is 2.33. The van der Waals surface area contributed by atoms with Gasteiger partial charge in [0.25, 0.3) is 20.0 Å². The molecule has 1 aromatic heterocycles. The zero-order valence-electron chi connectivity index (χ0n) is 23.5. The fourth-order valence-corrected chi connectivity index (χ4v) is 7.66. The van der Waals surface area contributed by atoms with Crippen LogP contribution in [0.1, 0.15) is 5.69 Å². The zero-order chi connectivity index (χ0) is 29.7. The molecule has 5 rings (SSSR count). The van der Waals surface area contributed by atoms with Gasteiger partial charge in [-0.05, 0) is 48.5 Å². The molecular weight excluding hydrogens is 573 g/mol.